The zero-order valence-corrected chi connectivity index (χ0v) is 7.73. The van der Waals surface area contributed by atoms with Crippen LogP contribution in [-0.2, 0) is 0 Å². The summed E-state index contributed by atoms with van der Waals surface area (Å²) in [6, 6.07) is 0. The third kappa shape index (κ3) is 3.85. The van der Waals surface area contributed by atoms with Crippen molar-refractivity contribution in [2.24, 2.45) is 0 Å². The summed E-state index contributed by atoms with van der Waals surface area (Å²) in [7, 11) is 0. The van der Waals surface area contributed by atoms with Gasteiger partial charge in [0.05, 0.1) is 5.60 Å². The van der Waals surface area contributed by atoms with Crippen LogP contribution in [0.3, 0.4) is 0 Å². The van der Waals surface area contributed by atoms with E-state index in [0.717, 1.165) is 38.2 Å². The Morgan fingerprint density at radius 2 is 1.85 bits per heavy atom. The Morgan fingerprint density at radius 3 is 2.38 bits per heavy atom. The van der Waals surface area contributed by atoms with Gasteiger partial charge in [-0.3, -0.25) is 0 Å². The van der Waals surface area contributed by atoms with Crippen LogP contribution in [0.4, 0.5) is 8.78 Å². The van der Waals surface area contributed by atoms with Crippen LogP contribution < -0.4 is 0 Å². The number of hydrogen-bond donors (Lipinski definition) is 1. The predicted molar refractivity (Wildman–Crippen MR) is 47.6 cm³/mol. The fourth-order valence-corrected chi connectivity index (χ4v) is 1.91. The zero-order valence-electron chi connectivity index (χ0n) is 7.73. The Bertz CT molecular complexity index is 179. The third-order valence-corrected chi connectivity index (χ3v) is 2.69. The molecule has 1 aliphatic rings. The van der Waals surface area contributed by atoms with Crippen molar-refractivity contribution < 1.29 is 13.9 Å². The van der Waals surface area contributed by atoms with E-state index < -0.39 is 11.7 Å². The first kappa shape index (κ1) is 10.6. The Kier molecular flexibility index (Phi) is 3.85. The number of hydrogen-bond acceptors (Lipinski definition) is 1. The summed E-state index contributed by atoms with van der Waals surface area (Å²) in [5.41, 5.74) is -0.662. The highest BCUT2D eigenvalue weighted by Gasteiger charge is 2.27. The van der Waals surface area contributed by atoms with Gasteiger partial charge < -0.3 is 5.11 Å². The summed E-state index contributed by atoms with van der Waals surface area (Å²) in [4.78, 5) is 0. The molecule has 76 valence electrons. The third-order valence-electron chi connectivity index (χ3n) is 2.69. The molecule has 0 aromatic carbocycles. The highest BCUT2D eigenvalue weighted by molar-refractivity contribution is 4.88. The van der Waals surface area contributed by atoms with E-state index in [4.69, 9.17) is 0 Å². The molecule has 0 aromatic heterocycles. The molecule has 0 unspecified atom stereocenters. The molecule has 1 aliphatic carbocycles. The summed E-state index contributed by atoms with van der Waals surface area (Å²) < 4.78 is 23.4. The molecule has 0 aromatic rings. The molecule has 0 amide bonds. The van der Waals surface area contributed by atoms with Crippen LogP contribution in [0.1, 0.15) is 44.9 Å². The smallest absolute Gasteiger partial charge is 0.266 e. The van der Waals surface area contributed by atoms with Crippen molar-refractivity contribution in [3.05, 3.63) is 12.2 Å². The second-order valence-corrected chi connectivity index (χ2v) is 3.82. The Morgan fingerprint density at radius 1 is 1.23 bits per heavy atom. The van der Waals surface area contributed by atoms with Gasteiger partial charge in [0.25, 0.3) is 6.08 Å². The Hall–Kier alpha value is -0.440. The van der Waals surface area contributed by atoms with Gasteiger partial charge >= 0.3 is 0 Å². The summed E-state index contributed by atoms with van der Waals surface area (Å²) >= 11 is 0. The molecule has 0 radical (unpaired) electrons. The van der Waals surface area contributed by atoms with Crippen molar-refractivity contribution in [3.63, 3.8) is 0 Å². The molecular weight excluding hydrogens is 174 g/mol. The van der Waals surface area contributed by atoms with Crippen molar-refractivity contribution >= 4 is 0 Å². The van der Waals surface area contributed by atoms with E-state index in [0.29, 0.717) is 12.8 Å². The van der Waals surface area contributed by atoms with Crippen LogP contribution >= 0.6 is 0 Å². The number of allylic oxidation sites excluding steroid dienone is 1. The maximum atomic E-state index is 11.7. The highest BCUT2D eigenvalue weighted by atomic mass is 19.3. The lowest BCUT2D eigenvalue weighted by Gasteiger charge is -2.31. The Balaban J connectivity index is 2.29. The largest absolute Gasteiger partial charge is 0.390 e. The SMILES string of the molecule is OC1(CCC=C(F)F)CCCCC1. The minimum Gasteiger partial charge on any atom is -0.390 e. The van der Waals surface area contributed by atoms with Gasteiger partial charge in [-0.15, -0.1) is 0 Å². The molecule has 13 heavy (non-hydrogen) atoms. The van der Waals surface area contributed by atoms with Gasteiger partial charge in [-0.2, -0.15) is 8.78 Å². The molecule has 0 aliphatic heterocycles. The van der Waals surface area contributed by atoms with E-state index >= 15 is 0 Å². The first-order chi connectivity index (χ1) is 6.12. The molecule has 0 heterocycles. The number of halogens is 2. The molecule has 1 N–H and O–H groups in total. The summed E-state index contributed by atoms with van der Waals surface area (Å²) in [5.74, 6) is 0. The lowest BCUT2D eigenvalue weighted by atomic mass is 9.82. The van der Waals surface area contributed by atoms with E-state index in [1.807, 2.05) is 0 Å². The van der Waals surface area contributed by atoms with E-state index in [1.54, 1.807) is 0 Å². The summed E-state index contributed by atoms with van der Waals surface area (Å²) in [6.45, 7) is 0. The molecule has 1 rings (SSSR count). The van der Waals surface area contributed by atoms with Gasteiger partial charge in [0.2, 0.25) is 0 Å². The van der Waals surface area contributed by atoms with Crippen molar-refractivity contribution in [2.45, 2.75) is 50.5 Å². The van der Waals surface area contributed by atoms with E-state index in [9.17, 15) is 13.9 Å². The van der Waals surface area contributed by atoms with Crippen LogP contribution in [0.2, 0.25) is 0 Å². The predicted octanol–water partition coefficient (Wildman–Crippen LogP) is 3.24. The molecule has 1 fully saturated rings. The van der Waals surface area contributed by atoms with Gasteiger partial charge in [-0.25, -0.2) is 0 Å². The van der Waals surface area contributed by atoms with Crippen molar-refractivity contribution in [1.82, 2.24) is 0 Å². The fraction of sp³-hybridized carbons (Fsp3) is 0.800. The van der Waals surface area contributed by atoms with Crippen molar-refractivity contribution in [2.75, 3.05) is 0 Å². The van der Waals surface area contributed by atoms with Gasteiger partial charge in [0, 0.05) is 0 Å². The molecule has 3 heteroatoms. The molecule has 1 nitrogen and oxygen atoms in total. The number of rotatable bonds is 3. The first-order valence-electron chi connectivity index (χ1n) is 4.86. The normalized spacial score (nSPS) is 21.2. The second-order valence-electron chi connectivity index (χ2n) is 3.82. The Labute approximate surface area is 77.5 Å². The van der Waals surface area contributed by atoms with E-state index in [1.165, 1.54) is 0 Å². The minimum absolute atomic E-state index is 0.291. The molecule has 0 atom stereocenters. The van der Waals surface area contributed by atoms with E-state index in [-0.39, 0.29) is 0 Å². The summed E-state index contributed by atoms with van der Waals surface area (Å²) in [6.07, 6.45) is 4.78. The van der Waals surface area contributed by atoms with Crippen LogP contribution in [0.5, 0.6) is 0 Å². The lowest BCUT2D eigenvalue weighted by molar-refractivity contribution is -0.00297. The lowest BCUT2D eigenvalue weighted by Crippen LogP contribution is -2.30. The molecule has 1 saturated carbocycles. The maximum Gasteiger partial charge on any atom is 0.266 e. The standard InChI is InChI=1S/C10H16F2O/c11-9(12)5-4-8-10(13)6-2-1-3-7-10/h5,13H,1-4,6-8H2. The highest BCUT2D eigenvalue weighted by Crippen LogP contribution is 2.31. The van der Waals surface area contributed by atoms with Crippen LogP contribution in [0.15, 0.2) is 12.2 Å². The monoisotopic (exact) mass is 190 g/mol. The van der Waals surface area contributed by atoms with Crippen LogP contribution in [0.25, 0.3) is 0 Å². The van der Waals surface area contributed by atoms with Crippen molar-refractivity contribution in [3.8, 4) is 0 Å². The van der Waals surface area contributed by atoms with Crippen LogP contribution in [-0.4, -0.2) is 10.7 Å². The quantitative estimate of drug-likeness (QED) is 0.724. The second kappa shape index (κ2) is 4.70. The summed E-state index contributed by atoms with van der Waals surface area (Å²) in [5, 5.41) is 9.91. The van der Waals surface area contributed by atoms with Gasteiger partial charge in [-0.05, 0) is 31.8 Å². The average molecular weight is 190 g/mol. The molecule has 0 spiro atoms. The molecular formula is C10H16F2O. The van der Waals surface area contributed by atoms with Gasteiger partial charge in [-0.1, -0.05) is 19.3 Å². The molecule has 0 saturated heterocycles. The van der Waals surface area contributed by atoms with Crippen molar-refractivity contribution in [1.29, 1.82) is 0 Å². The topological polar surface area (TPSA) is 20.2 Å². The zero-order chi connectivity index (χ0) is 9.73. The first-order valence-corrected chi connectivity index (χ1v) is 4.86. The van der Waals surface area contributed by atoms with Gasteiger partial charge in [0.1, 0.15) is 0 Å². The fourth-order valence-electron chi connectivity index (χ4n) is 1.91. The van der Waals surface area contributed by atoms with Crippen LogP contribution in [0, 0.1) is 0 Å². The molecule has 0 bridgehead atoms. The average Bonchev–Trinajstić information content (AvgIpc) is 2.04. The maximum absolute atomic E-state index is 11.7. The van der Waals surface area contributed by atoms with Gasteiger partial charge in [0.15, 0.2) is 0 Å². The minimum atomic E-state index is -1.64. The number of aliphatic hydroxyl groups is 1. The van der Waals surface area contributed by atoms with E-state index in [2.05, 4.69) is 0 Å².